The highest BCUT2D eigenvalue weighted by molar-refractivity contribution is 5.80. The maximum atomic E-state index is 11.6. The van der Waals surface area contributed by atoms with Crippen LogP contribution in [0.3, 0.4) is 0 Å². The Morgan fingerprint density at radius 2 is 2.25 bits per heavy atom. The van der Waals surface area contributed by atoms with Crippen molar-refractivity contribution in [1.29, 1.82) is 0 Å². The molecule has 1 aromatic rings. The van der Waals surface area contributed by atoms with Crippen LogP contribution in [-0.4, -0.2) is 18.6 Å². The zero-order valence-electron chi connectivity index (χ0n) is 12.0. The fraction of sp³-hybridized carbons (Fsp3) is 0.400. The van der Waals surface area contributed by atoms with Crippen molar-refractivity contribution in [3.63, 3.8) is 0 Å². The second kappa shape index (κ2) is 8.22. The van der Waals surface area contributed by atoms with Crippen molar-refractivity contribution < 1.29 is 14.3 Å². The predicted octanol–water partition coefficient (Wildman–Crippen LogP) is 1.96. The van der Waals surface area contributed by atoms with Crippen LogP contribution in [0, 0.1) is 0 Å². The van der Waals surface area contributed by atoms with Gasteiger partial charge in [-0.2, -0.15) is 0 Å². The van der Waals surface area contributed by atoms with Crippen LogP contribution in [0.2, 0.25) is 0 Å². The summed E-state index contributed by atoms with van der Waals surface area (Å²) in [5.74, 6) is 6.22. The molecule has 3 N–H and O–H groups in total. The maximum Gasteiger partial charge on any atom is 0.274 e. The Balaban J connectivity index is 2.97. The van der Waals surface area contributed by atoms with Gasteiger partial charge in [-0.15, -0.1) is 6.58 Å². The molecule has 0 spiro atoms. The summed E-state index contributed by atoms with van der Waals surface area (Å²) in [4.78, 5) is 11.6. The molecule has 1 rings (SSSR count). The number of nitrogens with two attached hydrogens (primary N) is 1. The molecule has 0 aliphatic carbocycles. The normalized spacial score (nSPS) is 11.6. The molecule has 0 saturated carbocycles. The third-order valence-corrected chi connectivity index (χ3v) is 2.78. The largest absolute Gasteiger partial charge is 0.494 e. The van der Waals surface area contributed by atoms with Crippen LogP contribution in [0.25, 0.3) is 0 Å². The molecule has 0 aromatic heterocycles. The molecule has 110 valence electrons. The molecule has 5 heteroatoms. The first kappa shape index (κ1) is 16.0. The number of benzene rings is 1. The lowest BCUT2D eigenvalue weighted by molar-refractivity contribution is -0.128. The summed E-state index contributed by atoms with van der Waals surface area (Å²) in [5, 5.41) is 0. The number of carbonyl (C=O) groups excluding carboxylic acids is 1. The maximum absolute atomic E-state index is 11.6. The first-order valence-corrected chi connectivity index (χ1v) is 6.69. The van der Waals surface area contributed by atoms with Gasteiger partial charge in [0.1, 0.15) is 11.5 Å². The quantitative estimate of drug-likeness (QED) is 0.330. The van der Waals surface area contributed by atoms with Crippen LogP contribution >= 0.6 is 0 Å². The minimum Gasteiger partial charge on any atom is -0.494 e. The molecular weight excluding hydrogens is 256 g/mol. The van der Waals surface area contributed by atoms with Gasteiger partial charge in [-0.05, 0) is 38.0 Å². The Kier molecular flexibility index (Phi) is 6.59. The zero-order chi connectivity index (χ0) is 15.0. The van der Waals surface area contributed by atoms with E-state index in [1.807, 2.05) is 26.0 Å². The van der Waals surface area contributed by atoms with Crippen LogP contribution in [0.5, 0.6) is 11.5 Å². The molecule has 0 radical (unpaired) electrons. The summed E-state index contributed by atoms with van der Waals surface area (Å²) in [7, 11) is 0. The molecule has 5 nitrogen and oxygen atoms in total. The number of allylic oxidation sites excluding steroid dienone is 1. The second-order valence-corrected chi connectivity index (χ2v) is 4.22. The van der Waals surface area contributed by atoms with E-state index in [0.29, 0.717) is 25.2 Å². The standard InChI is InChI=1S/C15H22N2O3/c1-4-7-11-10-12(19-6-3)8-9-14(11)20-13(5-2)15(18)17-16/h4,8-10,13H,1,5-7,16H2,2-3H3,(H,17,18). The van der Waals surface area contributed by atoms with Gasteiger partial charge in [-0.3, -0.25) is 10.2 Å². The lowest BCUT2D eigenvalue weighted by atomic mass is 10.1. The van der Waals surface area contributed by atoms with Crippen molar-refractivity contribution in [2.24, 2.45) is 5.84 Å². The van der Waals surface area contributed by atoms with Gasteiger partial charge in [0.15, 0.2) is 6.10 Å². The minimum absolute atomic E-state index is 0.342. The molecule has 0 fully saturated rings. The molecule has 20 heavy (non-hydrogen) atoms. The van der Waals surface area contributed by atoms with Crippen LogP contribution in [0.1, 0.15) is 25.8 Å². The van der Waals surface area contributed by atoms with Gasteiger partial charge >= 0.3 is 0 Å². The number of ether oxygens (including phenoxy) is 2. The number of amides is 1. The Morgan fingerprint density at radius 1 is 1.50 bits per heavy atom. The number of nitrogens with one attached hydrogen (secondary N) is 1. The van der Waals surface area contributed by atoms with E-state index in [4.69, 9.17) is 15.3 Å². The van der Waals surface area contributed by atoms with Gasteiger partial charge in [0, 0.05) is 5.56 Å². The fourth-order valence-electron chi connectivity index (χ4n) is 1.81. The minimum atomic E-state index is -0.610. The van der Waals surface area contributed by atoms with Crippen molar-refractivity contribution in [3.05, 3.63) is 36.4 Å². The second-order valence-electron chi connectivity index (χ2n) is 4.22. The van der Waals surface area contributed by atoms with Gasteiger partial charge in [-0.25, -0.2) is 5.84 Å². The Labute approximate surface area is 119 Å². The van der Waals surface area contributed by atoms with Gasteiger partial charge in [0.25, 0.3) is 5.91 Å². The van der Waals surface area contributed by atoms with E-state index in [0.717, 1.165) is 11.3 Å². The fourth-order valence-corrected chi connectivity index (χ4v) is 1.81. The van der Waals surface area contributed by atoms with Gasteiger partial charge in [0.05, 0.1) is 6.61 Å². The number of hydrazine groups is 1. The van der Waals surface area contributed by atoms with Crippen molar-refractivity contribution in [2.45, 2.75) is 32.8 Å². The smallest absolute Gasteiger partial charge is 0.274 e. The third kappa shape index (κ3) is 4.28. The molecule has 0 heterocycles. The van der Waals surface area contributed by atoms with Crippen LogP contribution < -0.4 is 20.7 Å². The van der Waals surface area contributed by atoms with Gasteiger partial charge in [-0.1, -0.05) is 13.0 Å². The summed E-state index contributed by atoms with van der Waals surface area (Å²) in [6, 6.07) is 5.52. The molecule has 1 atom stereocenters. The van der Waals surface area contributed by atoms with Crippen molar-refractivity contribution in [3.8, 4) is 11.5 Å². The van der Waals surface area contributed by atoms with Crippen LogP contribution in [0.4, 0.5) is 0 Å². The molecular formula is C15H22N2O3. The van der Waals surface area contributed by atoms with Crippen LogP contribution in [0.15, 0.2) is 30.9 Å². The summed E-state index contributed by atoms with van der Waals surface area (Å²) < 4.78 is 11.2. The van der Waals surface area contributed by atoms with E-state index in [1.165, 1.54) is 0 Å². The summed E-state index contributed by atoms with van der Waals surface area (Å²) >= 11 is 0. The Bertz CT molecular complexity index is 460. The number of hydrogen-bond donors (Lipinski definition) is 2. The van der Waals surface area contributed by atoms with E-state index in [9.17, 15) is 4.79 Å². The van der Waals surface area contributed by atoms with Crippen molar-refractivity contribution in [2.75, 3.05) is 6.61 Å². The van der Waals surface area contributed by atoms with E-state index >= 15 is 0 Å². The monoisotopic (exact) mass is 278 g/mol. The van der Waals surface area contributed by atoms with Crippen molar-refractivity contribution in [1.82, 2.24) is 5.43 Å². The highest BCUT2D eigenvalue weighted by Gasteiger charge is 2.18. The average Bonchev–Trinajstić information content (AvgIpc) is 2.46. The third-order valence-electron chi connectivity index (χ3n) is 2.78. The average molecular weight is 278 g/mol. The molecule has 1 unspecified atom stereocenters. The zero-order valence-corrected chi connectivity index (χ0v) is 12.0. The SMILES string of the molecule is C=CCc1cc(OCC)ccc1OC(CC)C(=O)NN. The molecule has 1 amide bonds. The highest BCUT2D eigenvalue weighted by Crippen LogP contribution is 2.26. The van der Waals surface area contributed by atoms with E-state index < -0.39 is 6.10 Å². The number of hydrogen-bond acceptors (Lipinski definition) is 4. The summed E-state index contributed by atoms with van der Waals surface area (Å²) in [5.41, 5.74) is 3.04. The first-order valence-electron chi connectivity index (χ1n) is 6.69. The molecule has 0 bridgehead atoms. The highest BCUT2D eigenvalue weighted by atomic mass is 16.5. The van der Waals surface area contributed by atoms with E-state index in [-0.39, 0.29) is 5.91 Å². The van der Waals surface area contributed by atoms with Crippen molar-refractivity contribution >= 4 is 5.91 Å². The number of carbonyl (C=O) groups is 1. The molecule has 0 aliphatic heterocycles. The Morgan fingerprint density at radius 3 is 2.80 bits per heavy atom. The Hall–Kier alpha value is -2.01. The lowest BCUT2D eigenvalue weighted by Gasteiger charge is -2.18. The molecule has 1 aromatic carbocycles. The summed E-state index contributed by atoms with van der Waals surface area (Å²) in [6.45, 7) is 8.12. The molecule has 0 saturated heterocycles. The first-order chi connectivity index (χ1) is 9.65. The molecule has 0 aliphatic rings. The topological polar surface area (TPSA) is 73.6 Å². The van der Waals surface area contributed by atoms with E-state index in [1.54, 1.807) is 12.1 Å². The predicted molar refractivity (Wildman–Crippen MR) is 78.5 cm³/mol. The number of rotatable bonds is 8. The van der Waals surface area contributed by atoms with Gasteiger partial charge < -0.3 is 9.47 Å². The van der Waals surface area contributed by atoms with Crippen LogP contribution in [-0.2, 0) is 11.2 Å². The van der Waals surface area contributed by atoms with Gasteiger partial charge in [0.2, 0.25) is 0 Å². The summed E-state index contributed by atoms with van der Waals surface area (Å²) in [6.07, 6.45) is 2.34. The van der Waals surface area contributed by atoms with E-state index in [2.05, 4.69) is 12.0 Å². The lowest BCUT2D eigenvalue weighted by Crippen LogP contribution is -2.41.